The highest BCUT2D eigenvalue weighted by Crippen LogP contribution is 2.16. The van der Waals surface area contributed by atoms with Crippen molar-refractivity contribution in [1.82, 2.24) is 10.6 Å². The van der Waals surface area contributed by atoms with Crippen LogP contribution in [0.15, 0.2) is 18.2 Å². The lowest BCUT2D eigenvalue weighted by Crippen LogP contribution is -2.48. The number of benzene rings is 1. The van der Waals surface area contributed by atoms with Gasteiger partial charge in [-0.3, -0.25) is 4.79 Å². The number of halogens is 2. The first-order chi connectivity index (χ1) is 7.66. The minimum Gasteiger partial charge on any atom is -0.352 e. The second kappa shape index (κ2) is 6.24. The molecule has 0 spiro atoms. The quantitative estimate of drug-likeness (QED) is 0.886. The highest BCUT2D eigenvalue weighted by molar-refractivity contribution is 6.31. The maximum Gasteiger partial charge on any atom is 0.251 e. The summed E-state index contributed by atoms with van der Waals surface area (Å²) in [5.74, 6) is 0.559. The molecule has 1 aliphatic heterocycles. The normalized spacial score (nSPS) is 14.7. The van der Waals surface area contributed by atoms with E-state index < -0.39 is 0 Å². The summed E-state index contributed by atoms with van der Waals surface area (Å²) in [7, 11) is 0. The van der Waals surface area contributed by atoms with E-state index >= 15 is 0 Å². The molecule has 1 aliphatic rings. The van der Waals surface area contributed by atoms with Crippen molar-refractivity contribution in [3.05, 3.63) is 34.3 Å². The fourth-order valence-electron chi connectivity index (χ4n) is 1.62. The van der Waals surface area contributed by atoms with Gasteiger partial charge >= 0.3 is 0 Å². The van der Waals surface area contributed by atoms with Crippen molar-refractivity contribution >= 4 is 29.9 Å². The van der Waals surface area contributed by atoms with Gasteiger partial charge in [-0.1, -0.05) is 11.6 Å². The molecule has 0 saturated carbocycles. The van der Waals surface area contributed by atoms with E-state index in [2.05, 4.69) is 10.6 Å². The van der Waals surface area contributed by atoms with Gasteiger partial charge in [0.2, 0.25) is 0 Å². The van der Waals surface area contributed by atoms with Crippen LogP contribution < -0.4 is 10.6 Å². The highest BCUT2D eigenvalue weighted by Gasteiger charge is 2.17. The molecule has 1 amide bonds. The molecule has 0 aliphatic carbocycles. The number of amides is 1. The van der Waals surface area contributed by atoms with Crippen LogP contribution in [-0.2, 0) is 0 Å². The number of hydrogen-bond acceptors (Lipinski definition) is 2. The first-order valence-corrected chi connectivity index (χ1v) is 5.79. The average Bonchev–Trinajstić information content (AvgIpc) is 2.19. The predicted octanol–water partition coefficient (Wildman–Crippen LogP) is 2.02. The lowest BCUT2D eigenvalue weighted by molar-refractivity contribution is 0.0942. The SMILES string of the molecule is Cc1cc(C(=O)NCC2CNC2)ccc1Cl.Cl. The Bertz CT molecular complexity index is 405. The summed E-state index contributed by atoms with van der Waals surface area (Å²) < 4.78 is 0. The van der Waals surface area contributed by atoms with Crippen LogP contribution in [0.5, 0.6) is 0 Å². The summed E-state index contributed by atoms with van der Waals surface area (Å²) >= 11 is 5.90. The molecule has 1 heterocycles. The fourth-order valence-corrected chi connectivity index (χ4v) is 1.74. The standard InChI is InChI=1S/C12H15ClN2O.ClH/c1-8-4-10(2-3-11(8)13)12(16)15-7-9-5-14-6-9;/h2-4,9,14H,5-7H2,1H3,(H,15,16);1H. The number of rotatable bonds is 3. The molecule has 5 heteroatoms. The Morgan fingerprint density at radius 3 is 2.76 bits per heavy atom. The molecule has 3 nitrogen and oxygen atoms in total. The predicted molar refractivity (Wildman–Crippen MR) is 72.1 cm³/mol. The Hall–Kier alpha value is -0.770. The van der Waals surface area contributed by atoms with Crippen LogP contribution in [0.25, 0.3) is 0 Å². The molecule has 1 aromatic carbocycles. The largest absolute Gasteiger partial charge is 0.352 e. The van der Waals surface area contributed by atoms with Crippen molar-refractivity contribution in [3.8, 4) is 0 Å². The molecule has 0 aromatic heterocycles. The van der Waals surface area contributed by atoms with Crippen molar-refractivity contribution in [2.75, 3.05) is 19.6 Å². The van der Waals surface area contributed by atoms with Gasteiger partial charge < -0.3 is 10.6 Å². The molecule has 1 aromatic rings. The average molecular weight is 275 g/mol. The third-order valence-electron chi connectivity index (χ3n) is 2.84. The smallest absolute Gasteiger partial charge is 0.251 e. The van der Waals surface area contributed by atoms with E-state index in [0.29, 0.717) is 16.5 Å². The van der Waals surface area contributed by atoms with Gasteiger partial charge in [0.1, 0.15) is 0 Å². The fraction of sp³-hybridized carbons (Fsp3) is 0.417. The second-order valence-corrected chi connectivity index (χ2v) is 4.61. The molecule has 1 fully saturated rings. The molecule has 0 bridgehead atoms. The maximum atomic E-state index is 11.8. The molecule has 0 radical (unpaired) electrons. The number of nitrogens with one attached hydrogen (secondary N) is 2. The zero-order chi connectivity index (χ0) is 11.5. The zero-order valence-electron chi connectivity index (χ0n) is 9.63. The highest BCUT2D eigenvalue weighted by atomic mass is 35.5. The van der Waals surface area contributed by atoms with Gasteiger partial charge in [0.05, 0.1) is 0 Å². The first-order valence-electron chi connectivity index (χ1n) is 5.42. The topological polar surface area (TPSA) is 41.1 Å². The molecular formula is C12H16Cl2N2O. The van der Waals surface area contributed by atoms with Gasteiger partial charge in [0.15, 0.2) is 0 Å². The minimum atomic E-state index is -0.0216. The zero-order valence-corrected chi connectivity index (χ0v) is 11.2. The molecule has 0 atom stereocenters. The number of carbonyl (C=O) groups excluding carboxylic acids is 1. The third-order valence-corrected chi connectivity index (χ3v) is 3.26. The van der Waals surface area contributed by atoms with Crippen molar-refractivity contribution in [3.63, 3.8) is 0 Å². The minimum absolute atomic E-state index is 0. The van der Waals surface area contributed by atoms with Crippen molar-refractivity contribution in [1.29, 1.82) is 0 Å². The van der Waals surface area contributed by atoms with Gasteiger partial charge in [0.25, 0.3) is 5.91 Å². The molecule has 2 rings (SSSR count). The van der Waals surface area contributed by atoms with Crippen molar-refractivity contribution in [2.45, 2.75) is 6.92 Å². The summed E-state index contributed by atoms with van der Waals surface area (Å²) in [4.78, 5) is 11.8. The van der Waals surface area contributed by atoms with E-state index in [-0.39, 0.29) is 18.3 Å². The summed E-state index contributed by atoms with van der Waals surface area (Å²) in [6.45, 7) is 4.64. The summed E-state index contributed by atoms with van der Waals surface area (Å²) in [5.41, 5.74) is 1.61. The second-order valence-electron chi connectivity index (χ2n) is 4.20. The van der Waals surface area contributed by atoms with E-state index in [4.69, 9.17) is 11.6 Å². The maximum absolute atomic E-state index is 11.8. The summed E-state index contributed by atoms with van der Waals surface area (Å²) in [6, 6.07) is 5.33. The molecular weight excluding hydrogens is 259 g/mol. The Morgan fingerprint density at radius 1 is 1.53 bits per heavy atom. The van der Waals surface area contributed by atoms with E-state index in [9.17, 15) is 4.79 Å². The van der Waals surface area contributed by atoms with Gasteiger partial charge in [-0.05, 0) is 30.7 Å². The van der Waals surface area contributed by atoms with Crippen molar-refractivity contribution in [2.24, 2.45) is 5.92 Å². The Balaban J connectivity index is 0.00000144. The van der Waals surface area contributed by atoms with Gasteiger partial charge in [0, 0.05) is 36.1 Å². The van der Waals surface area contributed by atoms with E-state index in [1.54, 1.807) is 12.1 Å². The molecule has 2 N–H and O–H groups in total. The van der Waals surface area contributed by atoms with Crippen molar-refractivity contribution < 1.29 is 4.79 Å². The van der Waals surface area contributed by atoms with Crippen LogP contribution in [-0.4, -0.2) is 25.5 Å². The van der Waals surface area contributed by atoms with Crippen LogP contribution >= 0.6 is 24.0 Å². The lowest BCUT2D eigenvalue weighted by atomic mass is 10.0. The molecule has 0 unspecified atom stereocenters. The van der Waals surface area contributed by atoms with Crippen LogP contribution in [0.2, 0.25) is 5.02 Å². The first kappa shape index (κ1) is 14.3. The Morgan fingerprint density at radius 2 is 2.24 bits per heavy atom. The van der Waals surface area contributed by atoms with Gasteiger partial charge in [-0.15, -0.1) is 12.4 Å². The number of carbonyl (C=O) groups is 1. The van der Waals surface area contributed by atoms with E-state index in [1.807, 2.05) is 13.0 Å². The van der Waals surface area contributed by atoms with Crippen LogP contribution in [0.3, 0.4) is 0 Å². The molecule has 94 valence electrons. The van der Waals surface area contributed by atoms with Gasteiger partial charge in [-0.25, -0.2) is 0 Å². The monoisotopic (exact) mass is 274 g/mol. The van der Waals surface area contributed by atoms with E-state index in [1.165, 1.54) is 0 Å². The number of hydrogen-bond donors (Lipinski definition) is 2. The molecule has 17 heavy (non-hydrogen) atoms. The number of aryl methyl sites for hydroxylation is 1. The Kier molecular flexibility index (Phi) is 5.25. The Labute approximate surface area is 112 Å². The lowest BCUT2D eigenvalue weighted by Gasteiger charge is -2.27. The summed E-state index contributed by atoms with van der Waals surface area (Å²) in [5, 5.41) is 6.79. The van der Waals surface area contributed by atoms with Crippen LogP contribution in [0, 0.1) is 12.8 Å². The summed E-state index contributed by atoms with van der Waals surface area (Å²) in [6.07, 6.45) is 0. The van der Waals surface area contributed by atoms with Crippen LogP contribution in [0.4, 0.5) is 0 Å². The van der Waals surface area contributed by atoms with Crippen LogP contribution in [0.1, 0.15) is 15.9 Å². The third kappa shape index (κ3) is 3.60. The van der Waals surface area contributed by atoms with Gasteiger partial charge in [-0.2, -0.15) is 0 Å². The molecule has 1 saturated heterocycles. The van der Waals surface area contributed by atoms with E-state index in [0.717, 1.165) is 25.2 Å².